The number of urea groups is 1. The van der Waals surface area contributed by atoms with E-state index < -0.39 is 5.92 Å². The summed E-state index contributed by atoms with van der Waals surface area (Å²) >= 11 is 0. The van der Waals surface area contributed by atoms with E-state index in [0.717, 1.165) is 4.90 Å². The second-order valence-electron chi connectivity index (χ2n) is 4.24. The molecule has 0 aromatic heterocycles. The molecule has 6 heteroatoms. The molecule has 3 amide bonds. The number of allylic oxidation sites excluding steroid dienone is 1. The normalized spacial score (nSPS) is 24.2. The number of rotatable bonds is 1. The molecule has 2 rings (SSSR count). The molecule has 0 aliphatic carbocycles. The monoisotopic (exact) mass is 236 g/mol. The summed E-state index contributed by atoms with van der Waals surface area (Å²) in [6.07, 6.45) is 1.61. The number of likely N-dealkylation sites (N-methyl/N-ethyl adjacent to an activating group) is 1. The highest BCUT2D eigenvalue weighted by molar-refractivity contribution is 6.18. The van der Waals surface area contributed by atoms with E-state index in [-0.39, 0.29) is 17.7 Å². The quantitative estimate of drug-likeness (QED) is 0.585. The summed E-state index contributed by atoms with van der Waals surface area (Å²) in [6, 6.07) is -0.383. The highest BCUT2D eigenvalue weighted by Crippen LogP contribution is 2.24. The highest BCUT2D eigenvalue weighted by Gasteiger charge is 2.50. The molecule has 2 aliphatic heterocycles. The lowest BCUT2D eigenvalue weighted by Gasteiger charge is -2.27. The third-order valence-corrected chi connectivity index (χ3v) is 3.18. The Labute approximate surface area is 98.8 Å². The number of fused-ring (bicyclic) bond motifs is 1. The van der Waals surface area contributed by atoms with E-state index >= 15 is 0 Å². The van der Waals surface area contributed by atoms with Gasteiger partial charge in [-0.1, -0.05) is 0 Å². The minimum absolute atomic E-state index is 0.120. The number of amidine groups is 1. The summed E-state index contributed by atoms with van der Waals surface area (Å²) in [5.74, 6) is -0.410. The van der Waals surface area contributed by atoms with E-state index in [1.165, 1.54) is 18.9 Å². The lowest BCUT2D eigenvalue weighted by molar-refractivity contribution is -0.439. The summed E-state index contributed by atoms with van der Waals surface area (Å²) in [5, 5.41) is 0. The number of amides is 3. The minimum Gasteiger partial charge on any atom is -0.290 e. The summed E-state index contributed by atoms with van der Waals surface area (Å²) in [7, 11) is 4.73. The number of hydrogen-bond donors (Lipinski definition) is 0. The van der Waals surface area contributed by atoms with Gasteiger partial charge in [0.1, 0.15) is 0 Å². The van der Waals surface area contributed by atoms with Gasteiger partial charge < -0.3 is 0 Å². The molecule has 0 aromatic carbocycles. The van der Waals surface area contributed by atoms with Crippen LogP contribution in [-0.4, -0.2) is 59.1 Å². The van der Waals surface area contributed by atoms with Crippen molar-refractivity contribution in [2.45, 2.75) is 6.92 Å². The van der Waals surface area contributed by atoms with Gasteiger partial charge in [-0.25, -0.2) is 14.3 Å². The molecule has 0 radical (unpaired) electrons. The Bertz CT molecular complexity index is 504. The standard InChI is InChI=1S/C11H14N3O3/c1-6(15)8-5-7-9(12(8)2)13(3)11(17)14(4)10(7)16/h5,7H,1-4H3/q+1. The van der Waals surface area contributed by atoms with Crippen molar-refractivity contribution >= 4 is 23.6 Å². The minimum atomic E-state index is -0.536. The van der Waals surface area contributed by atoms with Crippen molar-refractivity contribution in [2.75, 3.05) is 21.1 Å². The number of hydrogen-bond acceptors (Lipinski definition) is 3. The largest absolute Gasteiger partial charge is 0.417 e. The second kappa shape index (κ2) is 3.51. The topological polar surface area (TPSA) is 60.7 Å². The zero-order chi connectivity index (χ0) is 12.9. The van der Waals surface area contributed by atoms with Crippen LogP contribution in [-0.2, 0) is 9.59 Å². The van der Waals surface area contributed by atoms with E-state index in [1.807, 2.05) is 0 Å². The molecule has 6 nitrogen and oxygen atoms in total. The van der Waals surface area contributed by atoms with Crippen molar-refractivity contribution in [3.05, 3.63) is 11.8 Å². The Balaban J connectivity index is 2.56. The SMILES string of the molecule is CC(=O)C1=CC2C(=O)N(C)C(=O)N(C)C2=[N+]1C. The van der Waals surface area contributed by atoms with Crippen molar-refractivity contribution in [2.24, 2.45) is 5.92 Å². The van der Waals surface area contributed by atoms with Gasteiger partial charge in [0.2, 0.25) is 0 Å². The van der Waals surface area contributed by atoms with Crippen molar-refractivity contribution in [3.8, 4) is 0 Å². The third-order valence-electron chi connectivity index (χ3n) is 3.18. The first kappa shape index (κ1) is 11.5. The number of imide groups is 1. The smallest absolute Gasteiger partial charge is 0.290 e. The molecule has 0 N–H and O–H groups in total. The summed E-state index contributed by atoms with van der Waals surface area (Å²) in [5.41, 5.74) is 0.452. The lowest BCUT2D eigenvalue weighted by atomic mass is 10.0. The molecule has 1 unspecified atom stereocenters. The Morgan fingerprint density at radius 3 is 2.41 bits per heavy atom. The summed E-state index contributed by atoms with van der Waals surface area (Å²) < 4.78 is 1.61. The van der Waals surface area contributed by atoms with Gasteiger partial charge in [0.15, 0.2) is 17.4 Å². The van der Waals surface area contributed by atoms with Gasteiger partial charge in [-0.15, -0.1) is 0 Å². The Morgan fingerprint density at radius 2 is 1.88 bits per heavy atom. The number of carbonyl (C=O) groups excluding carboxylic acids is 3. The maximum absolute atomic E-state index is 12.0. The zero-order valence-corrected chi connectivity index (χ0v) is 10.2. The predicted molar refractivity (Wildman–Crippen MR) is 59.4 cm³/mol. The van der Waals surface area contributed by atoms with Crippen LogP contribution in [0.2, 0.25) is 0 Å². The number of ketones is 1. The molecule has 1 saturated heterocycles. The van der Waals surface area contributed by atoms with Gasteiger partial charge in [-0.05, 0) is 6.08 Å². The van der Waals surface area contributed by atoms with Crippen molar-refractivity contribution in [1.82, 2.24) is 9.80 Å². The van der Waals surface area contributed by atoms with E-state index in [1.54, 1.807) is 24.7 Å². The van der Waals surface area contributed by atoms with Crippen molar-refractivity contribution in [3.63, 3.8) is 0 Å². The molecular weight excluding hydrogens is 222 g/mol. The van der Waals surface area contributed by atoms with Gasteiger partial charge in [-0.3, -0.25) is 9.59 Å². The van der Waals surface area contributed by atoms with Gasteiger partial charge in [0.25, 0.3) is 11.7 Å². The Kier molecular flexibility index (Phi) is 2.38. The van der Waals surface area contributed by atoms with Crippen LogP contribution in [0.5, 0.6) is 0 Å². The molecule has 0 saturated carbocycles. The molecular formula is C11H14N3O3+. The van der Waals surface area contributed by atoms with E-state index in [9.17, 15) is 14.4 Å². The van der Waals surface area contributed by atoms with Crippen molar-refractivity contribution < 1.29 is 19.0 Å². The molecule has 1 fully saturated rings. The first-order valence-electron chi connectivity index (χ1n) is 5.25. The van der Waals surface area contributed by atoms with Crippen LogP contribution < -0.4 is 0 Å². The molecule has 2 heterocycles. The molecule has 0 spiro atoms. The Morgan fingerprint density at radius 1 is 1.29 bits per heavy atom. The van der Waals surface area contributed by atoms with Gasteiger partial charge in [-0.2, -0.15) is 4.90 Å². The van der Waals surface area contributed by atoms with E-state index in [4.69, 9.17) is 0 Å². The second-order valence-corrected chi connectivity index (χ2v) is 4.24. The van der Waals surface area contributed by atoms with Gasteiger partial charge >= 0.3 is 6.03 Å². The average molecular weight is 236 g/mol. The van der Waals surface area contributed by atoms with Crippen molar-refractivity contribution in [1.29, 1.82) is 0 Å². The molecule has 17 heavy (non-hydrogen) atoms. The fourth-order valence-corrected chi connectivity index (χ4v) is 2.27. The number of Topliss-reactive ketones (excluding diaryl/α,β-unsaturated/α-hetero) is 1. The number of nitrogens with zero attached hydrogens (tertiary/aromatic N) is 3. The maximum atomic E-state index is 12.0. The van der Waals surface area contributed by atoms with Crippen LogP contribution in [0.3, 0.4) is 0 Å². The average Bonchev–Trinajstić information content (AvgIpc) is 2.62. The zero-order valence-electron chi connectivity index (χ0n) is 10.2. The van der Waals surface area contributed by atoms with Gasteiger partial charge in [0, 0.05) is 14.0 Å². The molecule has 0 aromatic rings. The van der Waals surface area contributed by atoms with Crippen LogP contribution in [0.25, 0.3) is 0 Å². The summed E-state index contributed by atoms with van der Waals surface area (Å²) in [6.45, 7) is 1.44. The van der Waals surface area contributed by atoms with Crippen LogP contribution in [0.4, 0.5) is 4.79 Å². The van der Waals surface area contributed by atoms with Crippen LogP contribution in [0, 0.1) is 5.92 Å². The van der Waals surface area contributed by atoms with Crippen LogP contribution >= 0.6 is 0 Å². The van der Waals surface area contributed by atoms with Crippen LogP contribution in [0.15, 0.2) is 11.8 Å². The van der Waals surface area contributed by atoms with E-state index in [0.29, 0.717) is 11.5 Å². The summed E-state index contributed by atoms with van der Waals surface area (Å²) in [4.78, 5) is 37.6. The third kappa shape index (κ3) is 1.40. The first-order chi connectivity index (χ1) is 7.86. The highest BCUT2D eigenvalue weighted by atomic mass is 16.2. The fraction of sp³-hybridized carbons (Fsp3) is 0.455. The molecule has 90 valence electrons. The number of carbonyl (C=O) groups is 3. The Hall–Kier alpha value is -1.98. The molecule has 1 atom stereocenters. The maximum Gasteiger partial charge on any atom is 0.417 e. The predicted octanol–water partition coefficient (Wildman–Crippen LogP) is -0.346. The fourth-order valence-electron chi connectivity index (χ4n) is 2.27. The van der Waals surface area contributed by atoms with E-state index in [2.05, 4.69) is 0 Å². The van der Waals surface area contributed by atoms with Gasteiger partial charge in [0.05, 0.1) is 14.1 Å². The lowest BCUT2D eigenvalue weighted by Crippen LogP contribution is -2.57. The molecule has 0 bridgehead atoms. The first-order valence-corrected chi connectivity index (χ1v) is 5.25. The van der Waals surface area contributed by atoms with Crippen LogP contribution in [0.1, 0.15) is 6.92 Å². The molecule has 2 aliphatic rings.